The van der Waals surface area contributed by atoms with Crippen LogP contribution in [0.15, 0.2) is 164 Å². The molecule has 0 radical (unpaired) electrons. The molecule has 320 valence electrons. The third-order valence-corrected chi connectivity index (χ3v) is 15.3. The van der Waals surface area contributed by atoms with E-state index in [0.717, 1.165) is 0 Å². The molecule has 2 aliphatic rings. The summed E-state index contributed by atoms with van der Waals surface area (Å²) in [4.78, 5) is 5.36. The Kier molecular flexibility index (Phi) is 9.44. The van der Waals surface area contributed by atoms with Gasteiger partial charge in [0.1, 0.15) is 0 Å². The molecular weight excluding hydrogens is 804 g/mol. The Bertz CT molecular complexity index is 3340. The summed E-state index contributed by atoms with van der Waals surface area (Å²) in [6, 6.07) is 62.9. The van der Waals surface area contributed by atoms with Gasteiger partial charge in [-0.2, -0.15) is 0 Å². The SMILES string of the molecule is Cc1ccccc1-c1cc2c3c(c1)N(c1ccc(C(C)(C)C)cc1-c1ccccc1)c1c(ccc4c1sc1ccccc14)B3N(c1ccc(C(C)(C)C)cc1)c1cc(C(C)(C)C)ccc1-2. The van der Waals surface area contributed by atoms with Gasteiger partial charge in [-0.25, -0.2) is 0 Å². The molecule has 0 fully saturated rings. The van der Waals surface area contributed by atoms with Gasteiger partial charge in [-0.3, -0.25) is 0 Å². The number of rotatable bonds is 4. The molecule has 4 heteroatoms. The standard InChI is InChI=1S/C61H57BN2S/c1-38-18-14-15-21-45(38)40-34-50-46-30-26-43(61(8,9)10)37-53(46)64(44-28-24-41(25-29-44)59(2,3)4)62-51-32-31-48-47-22-16-17-23-55(47)65-58(48)57(51)63(54(35-40)56(50)62)52-33-27-42(60(5,6)7)36-49(52)39-19-12-11-13-20-39/h11-37H,1-10H3. The van der Waals surface area contributed by atoms with E-state index in [-0.39, 0.29) is 23.1 Å². The molecule has 0 amide bonds. The van der Waals surface area contributed by atoms with Gasteiger partial charge in [0.25, 0.3) is 0 Å². The molecule has 0 N–H and O–H groups in total. The summed E-state index contributed by atoms with van der Waals surface area (Å²) in [5, 5.41) is 2.60. The minimum absolute atomic E-state index is 0.0335. The van der Waals surface area contributed by atoms with Gasteiger partial charge in [-0.05, 0) is 127 Å². The number of benzene rings is 8. The number of aryl methyl sites for hydroxylation is 1. The number of nitrogens with zero attached hydrogens (tertiary/aromatic N) is 2. The summed E-state index contributed by atoms with van der Waals surface area (Å²) < 4.78 is 2.62. The van der Waals surface area contributed by atoms with Crippen LogP contribution in [0.25, 0.3) is 53.6 Å². The van der Waals surface area contributed by atoms with E-state index < -0.39 is 0 Å². The second-order valence-corrected chi connectivity index (χ2v) is 22.5. The fourth-order valence-electron chi connectivity index (χ4n) is 10.4. The van der Waals surface area contributed by atoms with E-state index in [4.69, 9.17) is 0 Å². The number of hydrogen-bond acceptors (Lipinski definition) is 3. The zero-order chi connectivity index (χ0) is 45.2. The van der Waals surface area contributed by atoms with Gasteiger partial charge in [0.2, 0.25) is 0 Å². The lowest BCUT2D eigenvalue weighted by atomic mass is 9.43. The van der Waals surface area contributed by atoms with E-state index in [1.807, 2.05) is 11.3 Å². The average molecular weight is 861 g/mol. The summed E-state index contributed by atoms with van der Waals surface area (Å²) in [6.07, 6.45) is 0. The molecule has 0 unspecified atom stereocenters. The predicted octanol–water partition coefficient (Wildman–Crippen LogP) is 16.3. The number of hydrogen-bond donors (Lipinski definition) is 0. The zero-order valence-electron chi connectivity index (χ0n) is 39.5. The Morgan fingerprint density at radius 2 is 1.09 bits per heavy atom. The number of thiophene rings is 1. The monoisotopic (exact) mass is 860 g/mol. The lowest BCUT2D eigenvalue weighted by Gasteiger charge is -2.47. The highest BCUT2D eigenvalue weighted by atomic mass is 32.1. The van der Waals surface area contributed by atoms with Crippen LogP contribution in [0, 0.1) is 6.92 Å². The van der Waals surface area contributed by atoms with E-state index in [1.54, 1.807) is 0 Å². The zero-order valence-corrected chi connectivity index (χ0v) is 40.3. The van der Waals surface area contributed by atoms with E-state index in [9.17, 15) is 0 Å². The van der Waals surface area contributed by atoms with Crippen molar-refractivity contribution in [3.8, 4) is 33.4 Å². The van der Waals surface area contributed by atoms with Crippen LogP contribution >= 0.6 is 11.3 Å². The van der Waals surface area contributed by atoms with Crippen LogP contribution < -0.4 is 20.6 Å². The highest BCUT2D eigenvalue weighted by molar-refractivity contribution is 7.26. The molecule has 0 aliphatic carbocycles. The first-order chi connectivity index (χ1) is 31.1. The Morgan fingerprint density at radius 3 is 1.82 bits per heavy atom. The molecule has 2 aliphatic heterocycles. The lowest BCUT2D eigenvalue weighted by molar-refractivity contribution is 0.590. The van der Waals surface area contributed by atoms with Crippen molar-refractivity contribution in [2.45, 2.75) is 85.5 Å². The molecule has 1 aromatic heterocycles. The van der Waals surface area contributed by atoms with Gasteiger partial charge < -0.3 is 9.71 Å². The first-order valence-corrected chi connectivity index (χ1v) is 24.1. The van der Waals surface area contributed by atoms with E-state index in [2.05, 4.69) is 243 Å². The first kappa shape index (κ1) is 41.4. The number of anilines is 5. The highest BCUT2D eigenvalue weighted by Gasteiger charge is 2.47. The molecule has 0 bridgehead atoms. The van der Waals surface area contributed by atoms with Crippen molar-refractivity contribution in [1.29, 1.82) is 0 Å². The van der Waals surface area contributed by atoms with Crippen LogP contribution in [-0.4, -0.2) is 6.85 Å². The molecule has 11 rings (SSSR count). The smallest absolute Gasteiger partial charge is 0.333 e. The van der Waals surface area contributed by atoms with Crippen LogP contribution in [0.1, 0.15) is 84.6 Å². The lowest BCUT2D eigenvalue weighted by Crippen LogP contribution is -2.61. The Balaban J connectivity index is 1.32. The minimum Gasteiger partial charge on any atom is -0.376 e. The molecule has 8 aromatic carbocycles. The van der Waals surface area contributed by atoms with Gasteiger partial charge in [0, 0.05) is 43.7 Å². The van der Waals surface area contributed by atoms with Crippen molar-refractivity contribution in [3.05, 3.63) is 186 Å². The summed E-state index contributed by atoms with van der Waals surface area (Å²) in [7, 11) is 0. The topological polar surface area (TPSA) is 6.48 Å². The largest absolute Gasteiger partial charge is 0.376 e. The summed E-state index contributed by atoms with van der Waals surface area (Å²) >= 11 is 1.93. The molecule has 3 heterocycles. The van der Waals surface area contributed by atoms with E-state index >= 15 is 0 Å². The average Bonchev–Trinajstić information content (AvgIpc) is 3.67. The minimum atomic E-state index is -0.107. The fraction of sp³-hybridized carbons (Fsp3) is 0.213. The second kappa shape index (κ2) is 14.8. The Morgan fingerprint density at radius 1 is 0.446 bits per heavy atom. The van der Waals surface area contributed by atoms with Gasteiger partial charge in [-0.1, -0.05) is 178 Å². The van der Waals surface area contributed by atoms with Gasteiger partial charge in [0.05, 0.1) is 16.1 Å². The highest BCUT2D eigenvalue weighted by Crippen LogP contribution is 2.53. The van der Waals surface area contributed by atoms with Crippen LogP contribution in [0.4, 0.5) is 28.4 Å². The van der Waals surface area contributed by atoms with Crippen molar-refractivity contribution < 1.29 is 0 Å². The van der Waals surface area contributed by atoms with E-state index in [0.29, 0.717) is 0 Å². The van der Waals surface area contributed by atoms with Crippen LogP contribution in [0.3, 0.4) is 0 Å². The van der Waals surface area contributed by atoms with Gasteiger partial charge in [-0.15, -0.1) is 11.3 Å². The molecule has 0 saturated carbocycles. The third kappa shape index (κ3) is 6.75. The predicted molar refractivity (Wildman–Crippen MR) is 285 cm³/mol. The molecule has 0 saturated heterocycles. The van der Waals surface area contributed by atoms with Crippen LogP contribution in [-0.2, 0) is 16.2 Å². The van der Waals surface area contributed by atoms with Gasteiger partial charge >= 0.3 is 6.85 Å². The Hall–Kier alpha value is -6.36. The van der Waals surface area contributed by atoms with Crippen molar-refractivity contribution in [2.24, 2.45) is 0 Å². The third-order valence-electron chi connectivity index (χ3n) is 14.1. The normalized spacial score (nSPS) is 13.6. The number of fused-ring (bicyclic) bond motifs is 8. The fourth-order valence-corrected chi connectivity index (χ4v) is 11.7. The van der Waals surface area contributed by atoms with Crippen molar-refractivity contribution in [2.75, 3.05) is 9.71 Å². The van der Waals surface area contributed by atoms with Crippen LogP contribution in [0.2, 0.25) is 0 Å². The maximum atomic E-state index is 2.69. The summed E-state index contributed by atoms with van der Waals surface area (Å²) in [6.45, 7) is 23.1. The molecule has 0 spiro atoms. The molecule has 2 nitrogen and oxygen atoms in total. The maximum absolute atomic E-state index is 2.69. The quantitative estimate of drug-likeness (QED) is 0.163. The maximum Gasteiger partial charge on any atom is 0.333 e. The first-order valence-electron chi connectivity index (χ1n) is 23.3. The van der Waals surface area contributed by atoms with E-state index in [1.165, 1.54) is 115 Å². The van der Waals surface area contributed by atoms with Crippen molar-refractivity contribution >= 4 is 77.7 Å². The van der Waals surface area contributed by atoms with Gasteiger partial charge in [0.15, 0.2) is 0 Å². The second-order valence-electron chi connectivity index (χ2n) is 21.5. The van der Waals surface area contributed by atoms with Crippen LogP contribution in [0.5, 0.6) is 0 Å². The van der Waals surface area contributed by atoms with Crippen molar-refractivity contribution in [1.82, 2.24) is 0 Å². The molecule has 65 heavy (non-hydrogen) atoms. The Labute approximate surface area is 390 Å². The molecule has 0 atom stereocenters. The summed E-state index contributed by atoms with van der Waals surface area (Å²) in [5.74, 6) is 0. The molecule has 9 aromatic rings. The summed E-state index contributed by atoms with van der Waals surface area (Å²) in [5.41, 5.74) is 21.5. The molecular formula is C61H57BN2S. The van der Waals surface area contributed by atoms with Crippen molar-refractivity contribution in [3.63, 3.8) is 0 Å².